The maximum absolute atomic E-state index is 3.85. The first-order valence-electron chi connectivity index (χ1n) is 7.60. The van der Waals surface area contributed by atoms with E-state index in [2.05, 4.69) is 31.1 Å². The predicted molar refractivity (Wildman–Crippen MR) is 74.2 cm³/mol. The zero-order valence-electron chi connectivity index (χ0n) is 11.9. The summed E-state index contributed by atoms with van der Waals surface area (Å²) in [5.41, 5.74) is 0. The lowest BCUT2D eigenvalue weighted by Gasteiger charge is -2.37. The van der Waals surface area contributed by atoms with Crippen molar-refractivity contribution in [3.05, 3.63) is 0 Å². The molecule has 2 heteroatoms. The monoisotopic (exact) mass is 238 g/mol. The molecule has 0 aromatic carbocycles. The van der Waals surface area contributed by atoms with Gasteiger partial charge in [-0.2, -0.15) is 0 Å². The summed E-state index contributed by atoms with van der Waals surface area (Å²) in [6.45, 7) is 7.34. The molecule has 0 spiro atoms. The van der Waals surface area contributed by atoms with Crippen LogP contribution in [0.3, 0.4) is 0 Å². The van der Waals surface area contributed by atoms with Crippen molar-refractivity contribution in [2.45, 2.75) is 64.5 Å². The number of nitrogens with zero attached hydrogens (tertiary/aromatic N) is 1. The van der Waals surface area contributed by atoms with E-state index in [9.17, 15) is 0 Å². The second-order valence-electron chi connectivity index (χ2n) is 6.54. The number of likely N-dealkylation sites (tertiary alicyclic amines) is 1. The van der Waals surface area contributed by atoms with Gasteiger partial charge in [0.15, 0.2) is 0 Å². The van der Waals surface area contributed by atoms with Gasteiger partial charge in [0, 0.05) is 18.6 Å². The summed E-state index contributed by atoms with van der Waals surface area (Å²) in [7, 11) is 2.29. The molecule has 4 atom stereocenters. The summed E-state index contributed by atoms with van der Waals surface area (Å²) in [6, 6.07) is 1.57. The molecule has 0 radical (unpaired) electrons. The second kappa shape index (κ2) is 6.19. The van der Waals surface area contributed by atoms with E-state index in [1.807, 2.05) is 0 Å². The first-order chi connectivity index (χ1) is 8.16. The number of piperidine rings is 1. The van der Waals surface area contributed by atoms with Crippen molar-refractivity contribution in [3.63, 3.8) is 0 Å². The van der Waals surface area contributed by atoms with Crippen LogP contribution in [0.15, 0.2) is 0 Å². The fraction of sp³-hybridized carbons (Fsp3) is 1.00. The van der Waals surface area contributed by atoms with Gasteiger partial charge in [-0.3, -0.25) is 0 Å². The number of rotatable bonds is 3. The maximum atomic E-state index is 3.85. The highest BCUT2D eigenvalue weighted by atomic mass is 15.2. The van der Waals surface area contributed by atoms with Crippen molar-refractivity contribution in [3.8, 4) is 0 Å². The van der Waals surface area contributed by atoms with Gasteiger partial charge in [0.1, 0.15) is 0 Å². The third kappa shape index (κ3) is 3.69. The topological polar surface area (TPSA) is 15.3 Å². The third-order valence-electron chi connectivity index (χ3n) is 4.97. The summed E-state index contributed by atoms with van der Waals surface area (Å²) in [5.74, 6) is 1.81. The molecule has 17 heavy (non-hydrogen) atoms. The van der Waals surface area contributed by atoms with Crippen LogP contribution in [-0.2, 0) is 0 Å². The molecule has 0 aromatic rings. The van der Waals surface area contributed by atoms with E-state index < -0.39 is 0 Å². The summed E-state index contributed by atoms with van der Waals surface area (Å²) in [6.07, 6.45) is 8.43. The Labute approximate surface area is 107 Å². The summed E-state index contributed by atoms with van der Waals surface area (Å²) in [5, 5.41) is 3.85. The van der Waals surface area contributed by atoms with Gasteiger partial charge in [-0.1, -0.05) is 20.3 Å². The molecule has 0 amide bonds. The first-order valence-corrected chi connectivity index (χ1v) is 7.60. The molecule has 1 aliphatic carbocycles. The van der Waals surface area contributed by atoms with E-state index in [0.29, 0.717) is 0 Å². The zero-order chi connectivity index (χ0) is 12.3. The van der Waals surface area contributed by atoms with Gasteiger partial charge >= 0.3 is 0 Å². The average molecular weight is 238 g/mol. The minimum absolute atomic E-state index is 0.779. The summed E-state index contributed by atoms with van der Waals surface area (Å²) in [4.78, 5) is 2.55. The smallest absolute Gasteiger partial charge is 0.0217 e. The Balaban J connectivity index is 1.73. The highest BCUT2D eigenvalue weighted by Gasteiger charge is 2.26. The predicted octanol–water partition coefficient (Wildman–Crippen LogP) is 2.89. The van der Waals surface area contributed by atoms with Gasteiger partial charge in [-0.15, -0.1) is 0 Å². The summed E-state index contributed by atoms with van der Waals surface area (Å²) < 4.78 is 0. The van der Waals surface area contributed by atoms with Crippen molar-refractivity contribution >= 4 is 0 Å². The minimum atomic E-state index is 0.779. The van der Waals surface area contributed by atoms with E-state index in [0.717, 1.165) is 23.9 Å². The molecule has 2 fully saturated rings. The quantitative estimate of drug-likeness (QED) is 0.813. The molecule has 2 nitrogen and oxygen atoms in total. The maximum Gasteiger partial charge on any atom is 0.0217 e. The number of hydrogen-bond donors (Lipinski definition) is 1. The van der Waals surface area contributed by atoms with E-state index in [1.165, 1.54) is 51.6 Å². The van der Waals surface area contributed by atoms with Crippen LogP contribution in [0.1, 0.15) is 52.4 Å². The molecule has 0 aromatic heterocycles. The van der Waals surface area contributed by atoms with Gasteiger partial charge in [0.25, 0.3) is 0 Å². The number of likely N-dealkylation sites (N-methyl/N-ethyl adjacent to an activating group) is 1. The fourth-order valence-corrected chi connectivity index (χ4v) is 3.66. The van der Waals surface area contributed by atoms with Crippen molar-refractivity contribution < 1.29 is 0 Å². The van der Waals surface area contributed by atoms with Gasteiger partial charge in [0.2, 0.25) is 0 Å². The van der Waals surface area contributed by atoms with Crippen LogP contribution in [0.4, 0.5) is 0 Å². The van der Waals surface area contributed by atoms with E-state index in [-0.39, 0.29) is 0 Å². The van der Waals surface area contributed by atoms with Gasteiger partial charge in [-0.05, 0) is 57.5 Å². The Hall–Kier alpha value is -0.0800. The first kappa shape index (κ1) is 13.4. The Kier molecular flexibility index (Phi) is 4.87. The SMILES string of the molecule is CC1CCC(NCC2CCCCN2C)C(C)C1. The van der Waals surface area contributed by atoms with Crippen LogP contribution < -0.4 is 5.32 Å². The van der Waals surface area contributed by atoms with Gasteiger partial charge in [-0.25, -0.2) is 0 Å². The van der Waals surface area contributed by atoms with Crippen molar-refractivity contribution in [2.24, 2.45) is 11.8 Å². The molecule has 4 unspecified atom stereocenters. The zero-order valence-corrected chi connectivity index (χ0v) is 11.9. The molecule has 1 saturated carbocycles. The van der Waals surface area contributed by atoms with Crippen LogP contribution in [0.25, 0.3) is 0 Å². The standard InChI is InChI=1S/C15H30N2/c1-12-7-8-15(13(2)10-12)16-11-14-6-4-5-9-17(14)3/h12-16H,4-11H2,1-3H3. The molecule has 1 aliphatic heterocycles. The molecular weight excluding hydrogens is 208 g/mol. The van der Waals surface area contributed by atoms with Crippen molar-refractivity contribution in [2.75, 3.05) is 20.1 Å². The van der Waals surface area contributed by atoms with Gasteiger partial charge < -0.3 is 10.2 Å². The number of nitrogens with one attached hydrogen (secondary N) is 1. The Morgan fingerprint density at radius 2 is 1.94 bits per heavy atom. The van der Waals surface area contributed by atoms with E-state index in [4.69, 9.17) is 0 Å². The summed E-state index contributed by atoms with van der Waals surface area (Å²) >= 11 is 0. The molecule has 2 rings (SSSR count). The number of hydrogen-bond acceptors (Lipinski definition) is 2. The van der Waals surface area contributed by atoms with Crippen LogP contribution in [0.2, 0.25) is 0 Å². The van der Waals surface area contributed by atoms with Crippen LogP contribution in [0, 0.1) is 11.8 Å². The average Bonchev–Trinajstić information content (AvgIpc) is 2.30. The molecule has 0 bridgehead atoms. The van der Waals surface area contributed by atoms with Crippen LogP contribution in [-0.4, -0.2) is 37.1 Å². The Bertz CT molecular complexity index is 229. The van der Waals surface area contributed by atoms with E-state index >= 15 is 0 Å². The Morgan fingerprint density at radius 3 is 2.65 bits per heavy atom. The normalized spacial score (nSPS) is 40.4. The highest BCUT2D eigenvalue weighted by Crippen LogP contribution is 2.28. The molecular formula is C15H30N2. The second-order valence-corrected chi connectivity index (χ2v) is 6.54. The molecule has 1 saturated heterocycles. The highest BCUT2D eigenvalue weighted by molar-refractivity contribution is 4.84. The Morgan fingerprint density at radius 1 is 1.12 bits per heavy atom. The van der Waals surface area contributed by atoms with Crippen molar-refractivity contribution in [1.29, 1.82) is 0 Å². The molecule has 100 valence electrons. The minimum Gasteiger partial charge on any atom is -0.312 e. The lowest BCUT2D eigenvalue weighted by atomic mass is 9.80. The lowest BCUT2D eigenvalue weighted by Crippen LogP contribution is -2.48. The lowest BCUT2D eigenvalue weighted by molar-refractivity contribution is 0.160. The molecule has 1 heterocycles. The van der Waals surface area contributed by atoms with Gasteiger partial charge in [0.05, 0.1) is 0 Å². The van der Waals surface area contributed by atoms with Crippen molar-refractivity contribution in [1.82, 2.24) is 10.2 Å². The molecule has 2 aliphatic rings. The van der Waals surface area contributed by atoms with E-state index in [1.54, 1.807) is 0 Å². The third-order valence-corrected chi connectivity index (χ3v) is 4.97. The molecule has 1 N–H and O–H groups in total. The van der Waals surface area contributed by atoms with Crippen LogP contribution in [0.5, 0.6) is 0 Å². The largest absolute Gasteiger partial charge is 0.312 e. The van der Waals surface area contributed by atoms with Crippen LogP contribution >= 0.6 is 0 Å². The fourth-order valence-electron chi connectivity index (χ4n) is 3.66.